The summed E-state index contributed by atoms with van der Waals surface area (Å²) in [5.41, 5.74) is 10.7. The molecule has 0 unspecified atom stereocenters. The van der Waals surface area contributed by atoms with E-state index in [0.29, 0.717) is 12.2 Å². The monoisotopic (exact) mass is 358 g/mol. The van der Waals surface area contributed by atoms with E-state index >= 15 is 0 Å². The van der Waals surface area contributed by atoms with Gasteiger partial charge in [-0.1, -0.05) is 48.5 Å². The van der Waals surface area contributed by atoms with E-state index < -0.39 is 0 Å². The lowest BCUT2D eigenvalue weighted by Crippen LogP contribution is -2.37. The maximum atomic E-state index is 12.5. The van der Waals surface area contributed by atoms with E-state index in [1.54, 1.807) is 0 Å². The second kappa shape index (κ2) is 7.16. The van der Waals surface area contributed by atoms with E-state index in [4.69, 9.17) is 0 Å². The molecule has 3 N–H and O–H groups in total. The molecule has 0 radical (unpaired) electrons. The zero-order valence-corrected chi connectivity index (χ0v) is 15.3. The Morgan fingerprint density at radius 2 is 1.93 bits per heavy atom. The van der Waals surface area contributed by atoms with Crippen LogP contribution in [0, 0.1) is 6.92 Å². The summed E-state index contributed by atoms with van der Waals surface area (Å²) in [7, 11) is 0. The first kappa shape index (κ1) is 17.2. The van der Waals surface area contributed by atoms with Crippen molar-refractivity contribution in [2.75, 3.05) is 0 Å². The molecule has 0 bridgehead atoms. The van der Waals surface area contributed by atoms with Gasteiger partial charge in [0.05, 0.1) is 12.1 Å². The molecule has 3 aromatic rings. The van der Waals surface area contributed by atoms with Gasteiger partial charge >= 0.3 is 0 Å². The van der Waals surface area contributed by atoms with E-state index in [2.05, 4.69) is 29.1 Å². The van der Waals surface area contributed by atoms with Crippen molar-refractivity contribution < 1.29 is 9.90 Å². The predicted octanol–water partition coefficient (Wildman–Crippen LogP) is 4.00. The fourth-order valence-corrected chi connectivity index (χ4v) is 3.60. The lowest BCUT2D eigenvalue weighted by molar-refractivity contribution is -0.121. The summed E-state index contributed by atoms with van der Waals surface area (Å²) >= 11 is 0. The molecule has 0 spiro atoms. The molecule has 0 saturated heterocycles. The molecule has 1 aliphatic rings. The average Bonchev–Trinajstić information content (AvgIpc) is 2.68. The Hall–Kier alpha value is -3.27. The summed E-state index contributed by atoms with van der Waals surface area (Å²) in [5, 5.41) is 12.2. The molecule has 3 aromatic carbocycles. The van der Waals surface area contributed by atoms with Crippen molar-refractivity contribution in [3.8, 4) is 5.75 Å². The highest BCUT2D eigenvalue weighted by molar-refractivity contribution is 5.90. The molecule has 0 saturated carbocycles. The molecule has 1 aliphatic carbocycles. The van der Waals surface area contributed by atoms with Crippen molar-refractivity contribution in [3.05, 3.63) is 82.9 Å². The molecule has 136 valence electrons. The smallest absolute Gasteiger partial charge is 0.242 e. The number of nitrogens with one attached hydrogen (secondary N) is 2. The second-order valence-corrected chi connectivity index (χ2v) is 6.94. The number of benzene rings is 3. The molecular formula is C23H22N2O2. The first-order valence-electron chi connectivity index (χ1n) is 9.16. The van der Waals surface area contributed by atoms with Gasteiger partial charge in [0.15, 0.2) is 0 Å². The third-order valence-corrected chi connectivity index (χ3v) is 5.04. The van der Waals surface area contributed by atoms with Crippen LogP contribution in [-0.2, 0) is 17.6 Å². The van der Waals surface area contributed by atoms with Crippen molar-refractivity contribution in [1.82, 2.24) is 10.9 Å². The molecule has 0 aromatic heterocycles. The maximum absolute atomic E-state index is 12.5. The van der Waals surface area contributed by atoms with Crippen molar-refractivity contribution in [2.45, 2.75) is 26.2 Å². The molecule has 0 fully saturated rings. The van der Waals surface area contributed by atoms with Crippen LogP contribution < -0.4 is 10.9 Å². The minimum atomic E-state index is -0.0881. The lowest BCUT2D eigenvalue weighted by atomic mass is 9.93. The van der Waals surface area contributed by atoms with Gasteiger partial charge in [0, 0.05) is 5.56 Å². The molecule has 0 aliphatic heterocycles. The maximum Gasteiger partial charge on any atom is 0.242 e. The van der Waals surface area contributed by atoms with Crippen molar-refractivity contribution >= 4 is 22.4 Å². The summed E-state index contributed by atoms with van der Waals surface area (Å²) in [6.07, 6.45) is 4.15. The fourth-order valence-electron chi connectivity index (χ4n) is 3.60. The van der Waals surface area contributed by atoms with E-state index in [9.17, 15) is 9.90 Å². The van der Waals surface area contributed by atoms with Gasteiger partial charge in [-0.3, -0.25) is 15.6 Å². The van der Waals surface area contributed by atoms with Crippen LogP contribution in [0.25, 0.3) is 16.5 Å². The van der Waals surface area contributed by atoms with Gasteiger partial charge in [0.25, 0.3) is 0 Å². The van der Waals surface area contributed by atoms with Gasteiger partial charge in [-0.2, -0.15) is 0 Å². The minimum absolute atomic E-state index is 0.0881. The zero-order valence-electron chi connectivity index (χ0n) is 15.3. The van der Waals surface area contributed by atoms with Gasteiger partial charge in [0.1, 0.15) is 5.75 Å². The number of carbonyl (C=O) groups excluding carboxylic acids is 1. The molecule has 4 rings (SSSR count). The van der Waals surface area contributed by atoms with Crippen molar-refractivity contribution in [3.63, 3.8) is 0 Å². The lowest BCUT2D eigenvalue weighted by Gasteiger charge is -2.21. The second-order valence-electron chi connectivity index (χ2n) is 6.94. The van der Waals surface area contributed by atoms with E-state index in [0.717, 1.165) is 51.6 Å². The Bertz CT molecular complexity index is 1050. The normalized spacial score (nSPS) is 13.0. The van der Waals surface area contributed by atoms with Crippen LogP contribution in [0.5, 0.6) is 5.75 Å². The molecule has 0 atom stereocenters. The number of carbonyl (C=O) groups is 1. The minimum Gasteiger partial charge on any atom is -0.508 e. The highest BCUT2D eigenvalue weighted by Gasteiger charge is 2.15. The number of aromatic hydroxyl groups is 1. The fraction of sp³-hybridized carbons (Fsp3) is 0.174. The number of hydrogen-bond donors (Lipinski definition) is 3. The number of phenols is 1. The SMILES string of the molecule is Cc1cc2c(cc1O)CCC=C2NNC(=O)Cc1cccc2ccccc12. The summed E-state index contributed by atoms with van der Waals surface area (Å²) in [5.74, 6) is 0.227. The van der Waals surface area contributed by atoms with Crippen LogP contribution in [0.15, 0.2) is 60.7 Å². The Morgan fingerprint density at radius 1 is 1.11 bits per heavy atom. The molecule has 4 nitrogen and oxygen atoms in total. The highest BCUT2D eigenvalue weighted by Crippen LogP contribution is 2.30. The van der Waals surface area contributed by atoms with Crippen molar-refractivity contribution in [2.24, 2.45) is 0 Å². The molecule has 1 amide bonds. The predicted molar refractivity (Wildman–Crippen MR) is 108 cm³/mol. The van der Waals surface area contributed by atoms with Crippen LogP contribution in [-0.4, -0.2) is 11.0 Å². The zero-order chi connectivity index (χ0) is 18.8. The quantitative estimate of drug-likeness (QED) is 0.618. The third kappa shape index (κ3) is 3.51. The molecule has 0 heterocycles. The van der Waals surface area contributed by atoms with Gasteiger partial charge in [-0.25, -0.2) is 0 Å². The number of phenolic OH excluding ortho intramolecular Hbond substituents is 1. The molecular weight excluding hydrogens is 336 g/mol. The van der Waals surface area contributed by atoms with Crippen LogP contribution in [0.1, 0.15) is 28.7 Å². The van der Waals surface area contributed by atoms with Crippen LogP contribution in [0.2, 0.25) is 0 Å². The average molecular weight is 358 g/mol. The number of aryl methyl sites for hydroxylation is 2. The number of amides is 1. The Kier molecular flexibility index (Phi) is 4.55. The van der Waals surface area contributed by atoms with Gasteiger partial charge in [0.2, 0.25) is 5.91 Å². The largest absolute Gasteiger partial charge is 0.508 e. The highest BCUT2D eigenvalue weighted by atomic mass is 16.3. The van der Waals surface area contributed by atoms with E-state index in [1.807, 2.05) is 49.4 Å². The number of rotatable bonds is 4. The van der Waals surface area contributed by atoms with Crippen LogP contribution in [0.4, 0.5) is 0 Å². The summed E-state index contributed by atoms with van der Waals surface area (Å²) in [6, 6.07) is 17.9. The number of hydrogen-bond acceptors (Lipinski definition) is 3. The number of allylic oxidation sites excluding steroid dienone is 1. The topological polar surface area (TPSA) is 61.4 Å². The first-order chi connectivity index (χ1) is 13.1. The summed E-state index contributed by atoms with van der Waals surface area (Å²) in [6.45, 7) is 1.88. The molecule has 27 heavy (non-hydrogen) atoms. The van der Waals surface area contributed by atoms with Gasteiger partial charge in [-0.05, 0) is 59.4 Å². The number of hydrazine groups is 1. The first-order valence-corrected chi connectivity index (χ1v) is 9.16. The van der Waals surface area contributed by atoms with Gasteiger partial charge < -0.3 is 5.11 Å². The Labute approximate surface area is 158 Å². The van der Waals surface area contributed by atoms with Crippen LogP contribution >= 0.6 is 0 Å². The Morgan fingerprint density at radius 3 is 2.81 bits per heavy atom. The van der Waals surface area contributed by atoms with Crippen molar-refractivity contribution in [1.29, 1.82) is 0 Å². The Balaban J connectivity index is 1.47. The summed E-state index contributed by atoms with van der Waals surface area (Å²) in [4.78, 5) is 12.5. The standard InChI is InChI=1S/C23H22N2O2/c1-15-12-20-17(13-22(15)26)9-5-11-21(20)24-25-23(27)14-18-8-4-7-16-6-2-3-10-19(16)18/h2-4,6-8,10-13,24,26H,5,9,14H2,1H3,(H,25,27). The number of fused-ring (bicyclic) bond motifs is 2. The summed E-state index contributed by atoms with van der Waals surface area (Å²) < 4.78 is 0. The third-order valence-electron chi connectivity index (χ3n) is 5.04. The molecule has 4 heteroatoms. The van der Waals surface area contributed by atoms with Gasteiger partial charge in [-0.15, -0.1) is 0 Å². The van der Waals surface area contributed by atoms with Crippen LogP contribution in [0.3, 0.4) is 0 Å². The van der Waals surface area contributed by atoms with E-state index in [1.165, 1.54) is 0 Å². The van der Waals surface area contributed by atoms with E-state index in [-0.39, 0.29) is 5.91 Å².